The van der Waals surface area contributed by atoms with Crippen LogP contribution in [0.1, 0.15) is 57.0 Å². The Bertz CT molecular complexity index is 508. The zero-order valence-electron chi connectivity index (χ0n) is 12.6. The molecular weight excluding hydrogens is 270 g/mol. The second kappa shape index (κ2) is 6.78. The minimum Gasteiger partial charge on any atom is -0.481 e. The Morgan fingerprint density at radius 2 is 2.14 bits per heavy atom. The molecule has 1 aromatic heterocycles. The molecule has 5 heteroatoms. The molecule has 1 heterocycles. The first-order valence-corrected chi connectivity index (χ1v) is 7.55. The number of carboxylic acids is 1. The van der Waals surface area contributed by atoms with Gasteiger partial charge in [-0.1, -0.05) is 6.92 Å². The summed E-state index contributed by atoms with van der Waals surface area (Å²) in [5.41, 5.74) is 0. The van der Waals surface area contributed by atoms with Crippen LogP contribution in [0.5, 0.6) is 0 Å². The minimum absolute atomic E-state index is 0.0642. The van der Waals surface area contributed by atoms with Crippen molar-refractivity contribution in [2.75, 3.05) is 0 Å². The number of hydrogen-bond acceptors (Lipinski definition) is 3. The van der Waals surface area contributed by atoms with Crippen molar-refractivity contribution in [2.24, 2.45) is 5.92 Å². The second-order valence-electron chi connectivity index (χ2n) is 6.02. The summed E-state index contributed by atoms with van der Waals surface area (Å²) >= 11 is 0. The van der Waals surface area contributed by atoms with Crippen LogP contribution in [0.4, 0.5) is 0 Å². The van der Waals surface area contributed by atoms with Crippen molar-refractivity contribution in [3.8, 4) is 0 Å². The van der Waals surface area contributed by atoms with E-state index in [9.17, 15) is 9.59 Å². The quantitative estimate of drug-likeness (QED) is 0.772. The number of aryl methyl sites for hydroxylation is 1. The molecule has 5 nitrogen and oxygen atoms in total. The van der Waals surface area contributed by atoms with Crippen LogP contribution < -0.4 is 5.32 Å². The lowest BCUT2D eigenvalue weighted by molar-refractivity contribution is -0.137. The number of carbonyl (C=O) groups is 2. The van der Waals surface area contributed by atoms with E-state index in [-0.39, 0.29) is 18.4 Å². The van der Waals surface area contributed by atoms with Crippen LogP contribution in [-0.4, -0.2) is 23.0 Å². The molecular formula is C16H23NO4. The molecule has 1 aliphatic rings. The van der Waals surface area contributed by atoms with Gasteiger partial charge in [0, 0.05) is 31.2 Å². The first kappa shape index (κ1) is 15.6. The van der Waals surface area contributed by atoms with Gasteiger partial charge in [0.15, 0.2) is 0 Å². The van der Waals surface area contributed by atoms with Crippen LogP contribution in [0.25, 0.3) is 0 Å². The molecule has 0 spiro atoms. The van der Waals surface area contributed by atoms with E-state index in [4.69, 9.17) is 9.52 Å². The number of carboxylic acid groups (broad SMARTS) is 1. The maximum Gasteiger partial charge on any atom is 0.303 e. The summed E-state index contributed by atoms with van der Waals surface area (Å²) in [5, 5.41) is 11.4. The van der Waals surface area contributed by atoms with Gasteiger partial charge in [-0.25, -0.2) is 0 Å². The number of rotatable bonds is 8. The summed E-state index contributed by atoms with van der Waals surface area (Å²) in [6, 6.07) is 3.84. The molecule has 21 heavy (non-hydrogen) atoms. The molecule has 116 valence electrons. The molecule has 1 aliphatic carbocycles. The summed E-state index contributed by atoms with van der Waals surface area (Å²) in [5.74, 6) is 2.25. The third-order valence-corrected chi connectivity index (χ3v) is 3.95. The molecule has 0 bridgehead atoms. The van der Waals surface area contributed by atoms with E-state index in [1.165, 1.54) is 6.42 Å². The maximum atomic E-state index is 11.8. The van der Waals surface area contributed by atoms with Crippen LogP contribution in [0.15, 0.2) is 16.5 Å². The first-order chi connectivity index (χ1) is 9.95. The number of aliphatic carboxylic acids is 1. The highest BCUT2D eigenvalue weighted by Crippen LogP contribution is 2.47. The van der Waals surface area contributed by atoms with Gasteiger partial charge in [0.05, 0.1) is 0 Å². The number of carbonyl (C=O) groups excluding carboxylic acids is 1. The highest BCUT2D eigenvalue weighted by Gasteiger charge is 2.36. The Kier molecular flexibility index (Phi) is 5.04. The van der Waals surface area contributed by atoms with Crippen LogP contribution in [-0.2, 0) is 16.0 Å². The Morgan fingerprint density at radius 3 is 2.76 bits per heavy atom. The van der Waals surface area contributed by atoms with Gasteiger partial charge in [0.25, 0.3) is 0 Å². The smallest absolute Gasteiger partial charge is 0.303 e. The van der Waals surface area contributed by atoms with Crippen molar-refractivity contribution in [2.45, 2.75) is 57.9 Å². The molecule has 1 amide bonds. The zero-order valence-corrected chi connectivity index (χ0v) is 12.6. The zero-order chi connectivity index (χ0) is 15.4. The minimum atomic E-state index is -0.839. The average Bonchev–Trinajstić information content (AvgIpc) is 2.97. The summed E-state index contributed by atoms with van der Waals surface area (Å²) in [6.45, 7) is 4.03. The van der Waals surface area contributed by atoms with Crippen molar-refractivity contribution in [3.05, 3.63) is 23.7 Å². The molecule has 1 aromatic rings. The van der Waals surface area contributed by atoms with Gasteiger partial charge in [-0.3, -0.25) is 9.59 Å². The van der Waals surface area contributed by atoms with Gasteiger partial charge in [0.1, 0.15) is 11.5 Å². The molecule has 1 saturated carbocycles. The van der Waals surface area contributed by atoms with Crippen molar-refractivity contribution in [1.82, 2.24) is 5.32 Å². The molecule has 0 saturated heterocycles. The Morgan fingerprint density at radius 1 is 1.43 bits per heavy atom. The summed E-state index contributed by atoms with van der Waals surface area (Å²) < 4.78 is 5.75. The predicted molar refractivity (Wildman–Crippen MR) is 78.0 cm³/mol. The van der Waals surface area contributed by atoms with Gasteiger partial charge in [-0.15, -0.1) is 0 Å². The topological polar surface area (TPSA) is 79.5 Å². The van der Waals surface area contributed by atoms with E-state index in [1.54, 1.807) is 0 Å². The first-order valence-electron chi connectivity index (χ1n) is 7.55. The van der Waals surface area contributed by atoms with E-state index >= 15 is 0 Å². The van der Waals surface area contributed by atoms with E-state index in [1.807, 2.05) is 19.1 Å². The fourth-order valence-corrected chi connectivity index (χ4v) is 2.44. The number of amides is 1. The standard InChI is InChI=1S/C16H23NO4/c1-10-9-13(10)14-6-4-12(21-14)5-7-15(18)17-11(2)3-8-16(19)20/h4,6,10-11,13H,3,5,7-9H2,1-2H3,(H,17,18)(H,19,20). The fourth-order valence-electron chi connectivity index (χ4n) is 2.44. The maximum absolute atomic E-state index is 11.8. The largest absolute Gasteiger partial charge is 0.481 e. The Balaban J connectivity index is 1.68. The van der Waals surface area contributed by atoms with E-state index in [0.717, 1.165) is 11.5 Å². The molecule has 0 aliphatic heterocycles. The molecule has 3 unspecified atom stereocenters. The van der Waals surface area contributed by atoms with Gasteiger partial charge >= 0.3 is 5.97 Å². The molecule has 2 N–H and O–H groups in total. The van der Waals surface area contributed by atoms with Crippen molar-refractivity contribution in [1.29, 1.82) is 0 Å². The van der Waals surface area contributed by atoms with E-state index in [2.05, 4.69) is 12.2 Å². The number of nitrogens with one attached hydrogen (secondary N) is 1. The van der Waals surface area contributed by atoms with Gasteiger partial charge in [0.2, 0.25) is 5.91 Å². The van der Waals surface area contributed by atoms with Crippen molar-refractivity contribution in [3.63, 3.8) is 0 Å². The van der Waals surface area contributed by atoms with E-state index in [0.29, 0.717) is 31.1 Å². The lowest BCUT2D eigenvalue weighted by Gasteiger charge is -2.12. The third-order valence-electron chi connectivity index (χ3n) is 3.95. The Hall–Kier alpha value is -1.78. The van der Waals surface area contributed by atoms with Crippen LogP contribution in [0, 0.1) is 5.92 Å². The van der Waals surface area contributed by atoms with Crippen molar-refractivity contribution >= 4 is 11.9 Å². The van der Waals surface area contributed by atoms with Crippen LogP contribution in [0.3, 0.4) is 0 Å². The monoisotopic (exact) mass is 293 g/mol. The SMILES string of the molecule is CC(CCC(=O)O)NC(=O)CCc1ccc(C2CC2C)o1. The molecule has 0 aromatic carbocycles. The predicted octanol–water partition coefficient (Wildman–Crippen LogP) is 2.71. The van der Waals surface area contributed by atoms with Gasteiger partial charge in [-0.05, 0) is 37.8 Å². The fraction of sp³-hybridized carbons (Fsp3) is 0.625. The summed E-state index contributed by atoms with van der Waals surface area (Å²) in [4.78, 5) is 22.2. The summed E-state index contributed by atoms with van der Waals surface area (Å²) in [7, 11) is 0. The number of furan rings is 1. The lowest BCUT2D eigenvalue weighted by atomic mass is 10.1. The average molecular weight is 293 g/mol. The lowest BCUT2D eigenvalue weighted by Crippen LogP contribution is -2.33. The molecule has 1 fully saturated rings. The highest BCUT2D eigenvalue weighted by atomic mass is 16.4. The summed E-state index contributed by atoms with van der Waals surface area (Å²) in [6.07, 6.45) is 2.66. The molecule has 2 rings (SSSR count). The second-order valence-corrected chi connectivity index (χ2v) is 6.02. The third kappa shape index (κ3) is 4.92. The number of hydrogen-bond donors (Lipinski definition) is 2. The normalized spacial score (nSPS) is 21.8. The highest BCUT2D eigenvalue weighted by molar-refractivity contribution is 5.76. The molecule has 0 radical (unpaired) electrons. The Labute approximate surface area is 124 Å². The van der Waals surface area contributed by atoms with Crippen molar-refractivity contribution < 1.29 is 19.1 Å². The van der Waals surface area contributed by atoms with Crippen LogP contribution >= 0.6 is 0 Å². The van der Waals surface area contributed by atoms with E-state index < -0.39 is 5.97 Å². The molecule has 3 atom stereocenters. The van der Waals surface area contributed by atoms with Crippen LogP contribution in [0.2, 0.25) is 0 Å². The van der Waals surface area contributed by atoms with Gasteiger partial charge in [-0.2, -0.15) is 0 Å². The van der Waals surface area contributed by atoms with Gasteiger partial charge < -0.3 is 14.8 Å².